The van der Waals surface area contributed by atoms with E-state index >= 15 is 0 Å². The Bertz CT molecular complexity index is 726. The predicted octanol–water partition coefficient (Wildman–Crippen LogP) is 2.75. The van der Waals surface area contributed by atoms with Crippen LogP contribution in [0.15, 0.2) is 23.9 Å². The number of carbonyl (C=O) groups is 1. The van der Waals surface area contributed by atoms with Crippen LogP contribution >= 0.6 is 0 Å². The summed E-state index contributed by atoms with van der Waals surface area (Å²) < 4.78 is 7.16. The van der Waals surface area contributed by atoms with Gasteiger partial charge in [-0.15, -0.1) is 0 Å². The molecule has 5 heteroatoms. The lowest BCUT2D eigenvalue weighted by atomic mass is 10.2. The monoisotopic (exact) mass is 285 g/mol. The minimum absolute atomic E-state index is 0.176. The average Bonchev–Trinajstić information content (AvgIpc) is 3.17. The highest BCUT2D eigenvalue weighted by molar-refractivity contribution is 5.82. The number of nitrogens with zero attached hydrogens (tertiary/aromatic N) is 3. The first kappa shape index (κ1) is 13.8. The molecule has 1 saturated carbocycles. The average molecular weight is 285 g/mol. The molecule has 2 aromatic heterocycles. The van der Waals surface area contributed by atoms with Crippen LogP contribution in [0.4, 0.5) is 0 Å². The number of fused-ring (bicyclic) bond motifs is 1. The van der Waals surface area contributed by atoms with Crippen LogP contribution < -0.4 is 0 Å². The SMILES string of the molecule is CC(=CC(=O)OCc1cn2c(C)cc(C)nc2n1)C1CC1. The highest BCUT2D eigenvalue weighted by Gasteiger charge is 2.23. The van der Waals surface area contributed by atoms with Crippen molar-refractivity contribution >= 4 is 11.7 Å². The maximum Gasteiger partial charge on any atom is 0.331 e. The molecule has 5 nitrogen and oxygen atoms in total. The number of hydrogen-bond donors (Lipinski definition) is 0. The second kappa shape index (κ2) is 5.31. The molecule has 0 saturated heterocycles. The van der Waals surface area contributed by atoms with E-state index in [-0.39, 0.29) is 12.6 Å². The molecule has 2 heterocycles. The summed E-state index contributed by atoms with van der Waals surface area (Å²) in [6.07, 6.45) is 5.83. The highest BCUT2D eigenvalue weighted by Crippen LogP contribution is 2.35. The fourth-order valence-electron chi connectivity index (χ4n) is 2.42. The predicted molar refractivity (Wildman–Crippen MR) is 78.7 cm³/mol. The third kappa shape index (κ3) is 3.12. The lowest BCUT2D eigenvalue weighted by Gasteiger charge is -2.00. The quantitative estimate of drug-likeness (QED) is 0.640. The summed E-state index contributed by atoms with van der Waals surface area (Å²) in [6.45, 7) is 6.10. The molecule has 0 radical (unpaired) electrons. The summed E-state index contributed by atoms with van der Waals surface area (Å²) in [6, 6.07) is 1.99. The molecule has 0 aliphatic heterocycles. The van der Waals surface area contributed by atoms with E-state index in [0.717, 1.165) is 17.0 Å². The van der Waals surface area contributed by atoms with Crippen molar-refractivity contribution in [3.05, 3.63) is 41.0 Å². The van der Waals surface area contributed by atoms with E-state index in [4.69, 9.17) is 4.74 Å². The van der Waals surface area contributed by atoms with Gasteiger partial charge >= 0.3 is 5.97 Å². The zero-order valence-electron chi connectivity index (χ0n) is 12.6. The van der Waals surface area contributed by atoms with E-state index < -0.39 is 0 Å². The van der Waals surface area contributed by atoms with Gasteiger partial charge in [-0.1, -0.05) is 5.57 Å². The first-order valence-electron chi connectivity index (χ1n) is 7.20. The lowest BCUT2D eigenvalue weighted by molar-refractivity contribution is -0.139. The van der Waals surface area contributed by atoms with Gasteiger partial charge in [0.05, 0.1) is 5.69 Å². The van der Waals surface area contributed by atoms with Crippen LogP contribution in [-0.4, -0.2) is 20.3 Å². The number of allylic oxidation sites excluding steroid dienone is 1. The Kier molecular flexibility index (Phi) is 3.49. The van der Waals surface area contributed by atoms with Crippen LogP contribution in [0.25, 0.3) is 5.78 Å². The number of carbonyl (C=O) groups excluding carboxylic acids is 1. The molecule has 1 aliphatic rings. The van der Waals surface area contributed by atoms with Crippen LogP contribution in [0.1, 0.15) is 36.8 Å². The van der Waals surface area contributed by atoms with Crippen molar-refractivity contribution in [3.63, 3.8) is 0 Å². The van der Waals surface area contributed by atoms with E-state index in [9.17, 15) is 4.79 Å². The second-order valence-corrected chi connectivity index (χ2v) is 5.71. The summed E-state index contributed by atoms with van der Waals surface area (Å²) in [4.78, 5) is 20.5. The van der Waals surface area contributed by atoms with Gasteiger partial charge in [0.25, 0.3) is 0 Å². The fraction of sp³-hybridized carbons (Fsp3) is 0.438. The molecule has 2 aromatic rings. The number of imidazole rings is 1. The minimum Gasteiger partial charge on any atom is -0.456 e. The Morgan fingerprint density at radius 1 is 1.43 bits per heavy atom. The smallest absolute Gasteiger partial charge is 0.331 e. The number of aromatic nitrogens is 3. The molecule has 0 aromatic carbocycles. The molecule has 110 valence electrons. The maximum atomic E-state index is 11.7. The fourth-order valence-corrected chi connectivity index (χ4v) is 2.42. The summed E-state index contributed by atoms with van der Waals surface area (Å²) in [5.74, 6) is 0.933. The number of hydrogen-bond acceptors (Lipinski definition) is 4. The maximum absolute atomic E-state index is 11.7. The third-order valence-corrected chi connectivity index (χ3v) is 3.74. The molecule has 0 amide bonds. The van der Waals surface area contributed by atoms with Crippen LogP contribution in [0.2, 0.25) is 0 Å². The number of ether oxygens (including phenoxy) is 1. The van der Waals surface area contributed by atoms with Gasteiger partial charge in [0.1, 0.15) is 6.61 Å². The van der Waals surface area contributed by atoms with Gasteiger partial charge in [-0.25, -0.2) is 14.8 Å². The molecule has 0 unspecified atom stereocenters. The van der Waals surface area contributed by atoms with Gasteiger partial charge in [-0.3, -0.25) is 4.40 Å². The van der Waals surface area contributed by atoms with Gasteiger partial charge in [-0.05, 0) is 45.6 Å². The zero-order valence-corrected chi connectivity index (χ0v) is 12.6. The van der Waals surface area contributed by atoms with Crippen molar-refractivity contribution in [1.82, 2.24) is 14.4 Å². The first-order valence-corrected chi connectivity index (χ1v) is 7.20. The van der Waals surface area contributed by atoms with Crippen molar-refractivity contribution in [2.75, 3.05) is 0 Å². The van der Waals surface area contributed by atoms with Crippen molar-refractivity contribution in [1.29, 1.82) is 0 Å². The number of esters is 1. The summed E-state index contributed by atoms with van der Waals surface area (Å²) >= 11 is 0. The molecule has 1 aliphatic carbocycles. The number of rotatable bonds is 4. The molecular weight excluding hydrogens is 266 g/mol. The molecule has 1 fully saturated rings. The molecule has 0 bridgehead atoms. The molecular formula is C16H19N3O2. The topological polar surface area (TPSA) is 56.5 Å². The van der Waals surface area contributed by atoms with Crippen LogP contribution in [0.5, 0.6) is 0 Å². The summed E-state index contributed by atoms with van der Waals surface area (Å²) in [5, 5.41) is 0. The summed E-state index contributed by atoms with van der Waals surface area (Å²) in [7, 11) is 0. The van der Waals surface area contributed by atoms with Gasteiger partial charge in [-0.2, -0.15) is 0 Å². The van der Waals surface area contributed by atoms with Crippen molar-refractivity contribution in [2.45, 2.75) is 40.2 Å². The molecule has 21 heavy (non-hydrogen) atoms. The third-order valence-electron chi connectivity index (χ3n) is 3.74. The largest absolute Gasteiger partial charge is 0.456 e. The van der Waals surface area contributed by atoms with Crippen LogP contribution in [0.3, 0.4) is 0 Å². The first-order chi connectivity index (χ1) is 10.0. The normalized spacial score (nSPS) is 15.5. The van der Waals surface area contributed by atoms with Crippen LogP contribution in [-0.2, 0) is 16.1 Å². The van der Waals surface area contributed by atoms with E-state index in [1.54, 1.807) is 6.08 Å². The molecule has 0 atom stereocenters. The van der Waals surface area contributed by atoms with Crippen LogP contribution in [0, 0.1) is 19.8 Å². The Morgan fingerprint density at radius 2 is 2.19 bits per heavy atom. The molecule has 0 spiro atoms. The Morgan fingerprint density at radius 3 is 2.90 bits per heavy atom. The van der Waals surface area contributed by atoms with Gasteiger partial charge < -0.3 is 4.74 Å². The van der Waals surface area contributed by atoms with Crippen molar-refractivity contribution in [3.8, 4) is 0 Å². The lowest BCUT2D eigenvalue weighted by Crippen LogP contribution is -2.02. The van der Waals surface area contributed by atoms with Gasteiger partial charge in [0.2, 0.25) is 5.78 Å². The Labute approximate surface area is 123 Å². The molecule has 0 N–H and O–H groups in total. The zero-order chi connectivity index (χ0) is 15.0. The standard InChI is InChI=1S/C16H19N3O2/c1-10(13-4-5-13)6-15(20)21-9-14-8-19-12(3)7-11(2)17-16(19)18-14/h6-8,13H,4-5,9H2,1-3H3. The van der Waals surface area contributed by atoms with E-state index in [1.807, 2.05) is 37.4 Å². The van der Waals surface area contributed by atoms with Gasteiger partial charge in [0.15, 0.2) is 0 Å². The highest BCUT2D eigenvalue weighted by atomic mass is 16.5. The van der Waals surface area contributed by atoms with E-state index in [2.05, 4.69) is 9.97 Å². The van der Waals surface area contributed by atoms with E-state index in [1.165, 1.54) is 12.8 Å². The second-order valence-electron chi connectivity index (χ2n) is 5.71. The Balaban J connectivity index is 1.69. The number of aryl methyl sites for hydroxylation is 2. The Hall–Kier alpha value is -2.17. The van der Waals surface area contributed by atoms with Crippen molar-refractivity contribution < 1.29 is 9.53 Å². The van der Waals surface area contributed by atoms with Gasteiger partial charge in [0, 0.05) is 23.7 Å². The van der Waals surface area contributed by atoms with Crippen molar-refractivity contribution in [2.24, 2.45) is 5.92 Å². The minimum atomic E-state index is -0.294. The summed E-state index contributed by atoms with van der Waals surface area (Å²) in [5.41, 5.74) is 3.81. The molecule has 3 rings (SSSR count). The van der Waals surface area contributed by atoms with E-state index in [0.29, 0.717) is 17.4 Å².